The minimum Gasteiger partial charge on any atom is -0.395 e. The quantitative estimate of drug-likeness (QED) is 0.932. The van der Waals surface area contributed by atoms with Crippen molar-refractivity contribution in [2.75, 3.05) is 6.61 Å². The lowest BCUT2D eigenvalue weighted by atomic mass is 10.0. The van der Waals surface area contributed by atoms with Crippen molar-refractivity contribution in [3.05, 3.63) is 66.0 Å². The van der Waals surface area contributed by atoms with Gasteiger partial charge >= 0.3 is 0 Å². The number of benzene rings is 2. The Morgan fingerprint density at radius 1 is 1.17 bits per heavy atom. The van der Waals surface area contributed by atoms with Crippen LogP contribution in [0.15, 0.2) is 59.5 Å². The van der Waals surface area contributed by atoms with Gasteiger partial charge in [0.25, 0.3) is 0 Å². The minimum atomic E-state index is -3.81. The van der Waals surface area contributed by atoms with E-state index in [0.717, 1.165) is 0 Å². The lowest BCUT2D eigenvalue weighted by Crippen LogP contribution is -2.18. The largest absolute Gasteiger partial charge is 0.395 e. The second-order valence-electron chi connectivity index (χ2n) is 5.62. The Hall–Kier alpha value is -2.23. The normalized spacial score (nSPS) is 26.5. The summed E-state index contributed by atoms with van der Waals surface area (Å²) in [7, 11) is -3.81. The van der Waals surface area contributed by atoms with Crippen LogP contribution in [0.5, 0.6) is 0 Å². The molecule has 0 aromatic heterocycles. The van der Waals surface area contributed by atoms with Gasteiger partial charge in [-0.1, -0.05) is 30.3 Å². The molecule has 3 rings (SSSR count). The van der Waals surface area contributed by atoms with Gasteiger partial charge in [-0.15, -0.1) is 0 Å². The summed E-state index contributed by atoms with van der Waals surface area (Å²) < 4.78 is 39.1. The first-order valence-corrected chi connectivity index (χ1v) is 8.58. The molecule has 4 nitrogen and oxygen atoms in total. The fourth-order valence-electron chi connectivity index (χ4n) is 3.15. The fraction of sp³-hybridized carbons (Fsp3) is 0.235. The predicted molar refractivity (Wildman–Crippen MR) is 81.7 cm³/mol. The van der Waals surface area contributed by atoms with Gasteiger partial charge in [-0.05, 0) is 29.8 Å². The number of nitrogens with zero attached hydrogens (tertiary/aromatic N) is 1. The molecule has 1 N–H and O–H groups in total. The molecule has 2 aromatic rings. The van der Waals surface area contributed by atoms with E-state index >= 15 is 0 Å². The molecule has 0 saturated heterocycles. The summed E-state index contributed by atoms with van der Waals surface area (Å²) in [5, 5.41) is 18.0. The third-order valence-corrected chi connectivity index (χ3v) is 6.63. The van der Waals surface area contributed by atoms with Crippen LogP contribution in [0.1, 0.15) is 11.5 Å². The molecule has 1 aliphatic rings. The highest BCUT2D eigenvalue weighted by Crippen LogP contribution is 2.63. The number of hydrogen-bond acceptors (Lipinski definition) is 4. The number of halogens is 1. The maximum absolute atomic E-state index is 13.5. The molecule has 1 saturated carbocycles. The van der Waals surface area contributed by atoms with Crippen LogP contribution in [-0.4, -0.2) is 25.4 Å². The summed E-state index contributed by atoms with van der Waals surface area (Å²) in [4.78, 5) is 0.0944. The molecule has 23 heavy (non-hydrogen) atoms. The van der Waals surface area contributed by atoms with Crippen molar-refractivity contribution < 1.29 is 17.9 Å². The highest BCUT2D eigenvalue weighted by Gasteiger charge is 2.72. The molecular weight excluding hydrogens is 317 g/mol. The summed E-state index contributed by atoms with van der Waals surface area (Å²) >= 11 is 0. The number of aliphatic hydroxyl groups is 1. The highest BCUT2D eigenvalue weighted by atomic mass is 32.2. The summed E-state index contributed by atoms with van der Waals surface area (Å²) in [5.41, 5.74) is -1.03. The van der Waals surface area contributed by atoms with Gasteiger partial charge in [0, 0.05) is 5.92 Å². The van der Waals surface area contributed by atoms with Crippen molar-refractivity contribution in [3.63, 3.8) is 0 Å². The van der Waals surface area contributed by atoms with E-state index < -0.39 is 38.8 Å². The van der Waals surface area contributed by atoms with Gasteiger partial charge in [0.1, 0.15) is 11.2 Å². The standard InChI is InChI=1S/C17H14FNO3S/c18-13-6-4-5-12(9-13)15-16(17(15,10-19)11-20)23(21,22)14-7-2-1-3-8-14/h1-9,15-16,20H,11H2/t15-,16+,17-/m1/s1. The van der Waals surface area contributed by atoms with Crippen LogP contribution in [-0.2, 0) is 9.84 Å². The number of rotatable bonds is 4. The molecule has 0 heterocycles. The predicted octanol–water partition coefficient (Wildman–Crippen LogP) is 2.27. The van der Waals surface area contributed by atoms with Crippen LogP contribution < -0.4 is 0 Å². The van der Waals surface area contributed by atoms with Gasteiger partial charge < -0.3 is 5.11 Å². The van der Waals surface area contributed by atoms with E-state index in [4.69, 9.17) is 0 Å². The van der Waals surface area contributed by atoms with E-state index in [-0.39, 0.29) is 4.90 Å². The zero-order chi connectivity index (χ0) is 16.7. The minimum absolute atomic E-state index is 0.0944. The molecule has 6 heteroatoms. The first-order chi connectivity index (χ1) is 11.0. The van der Waals surface area contributed by atoms with Gasteiger partial charge in [-0.25, -0.2) is 12.8 Å². The molecule has 0 aliphatic heterocycles. The average Bonchev–Trinajstić information content (AvgIpc) is 3.26. The molecule has 0 bridgehead atoms. The van der Waals surface area contributed by atoms with Crippen molar-refractivity contribution in [2.24, 2.45) is 5.41 Å². The molecule has 0 amide bonds. The maximum Gasteiger partial charge on any atom is 0.183 e. The van der Waals surface area contributed by atoms with Crippen LogP contribution in [0, 0.1) is 22.6 Å². The first kappa shape index (κ1) is 15.7. The monoisotopic (exact) mass is 331 g/mol. The third kappa shape index (κ3) is 2.33. The van der Waals surface area contributed by atoms with E-state index in [2.05, 4.69) is 0 Å². The molecule has 0 radical (unpaired) electrons. The van der Waals surface area contributed by atoms with Crippen LogP contribution in [0.25, 0.3) is 0 Å². The van der Waals surface area contributed by atoms with Crippen LogP contribution in [0.2, 0.25) is 0 Å². The van der Waals surface area contributed by atoms with Crippen LogP contribution >= 0.6 is 0 Å². The van der Waals surface area contributed by atoms with Crippen molar-refractivity contribution in [1.82, 2.24) is 0 Å². The molecule has 118 valence electrons. The zero-order valence-corrected chi connectivity index (χ0v) is 12.9. The van der Waals surface area contributed by atoms with E-state index in [1.54, 1.807) is 24.3 Å². The summed E-state index contributed by atoms with van der Waals surface area (Å²) in [6.07, 6.45) is 0. The molecule has 0 spiro atoms. The fourth-order valence-corrected chi connectivity index (χ4v) is 5.48. The van der Waals surface area contributed by atoms with Crippen LogP contribution in [0.4, 0.5) is 4.39 Å². The second kappa shape index (κ2) is 5.44. The molecule has 2 aromatic carbocycles. The molecule has 3 atom stereocenters. The Kier molecular flexibility index (Phi) is 3.71. The number of nitriles is 1. The number of aliphatic hydroxyl groups excluding tert-OH is 1. The Morgan fingerprint density at radius 3 is 2.43 bits per heavy atom. The summed E-state index contributed by atoms with van der Waals surface area (Å²) in [5.74, 6) is -1.26. The smallest absolute Gasteiger partial charge is 0.183 e. The Labute approximate surface area is 133 Å². The SMILES string of the molecule is N#C[C@@]1(CO)[C@H](c2cccc(F)c2)[C@@H]1S(=O)(=O)c1ccccc1. The molecule has 1 aliphatic carbocycles. The first-order valence-electron chi connectivity index (χ1n) is 7.04. The van der Waals surface area contributed by atoms with E-state index in [1.807, 2.05) is 6.07 Å². The summed E-state index contributed by atoms with van der Waals surface area (Å²) in [6.45, 7) is -0.596. The number of hydrogen-bond donors (Lipinski definition) is 1. The van der Waals surface area contributed by atoms with E-state index in [1.165, 1.54) is 30.3 Å². The Morgan fingerprint density at radius 2 is 1.87 bits per heavy atom. The van der Waals surface area contributed by atoms with Crippen molar-refractivity contribution in [2.45, 2.75) is 16.1 Å². The second-order valence-corrected chi connectivity index (χ2v) is 7.69. The number of sulfone groups is 1. The van der Waals surface area contributed by atoms with Gasteiger partial charge in [-0.2, -0.15) is 5.26 Å². The van der Waals surface area contributed by atoms with Crippen molar-refractivity contribution in [1.29, 1.82) is 5.26 Å². The third-order valence-electron chi connectivity index (χ3n) is 4.34. The summed E-state index contributed by atoms with van der Waals surface area (Å²) in [6, 6.07) is 15.3. The van der Waals surface area contributed by atoms with Gasteiger partial charge in [0.05, 0.1) is 22.8 Å². The zero-order valence-electron chi connectivity index (χ0n) is 12.1. The van der Waals surface area contributed by atoms with E-state index in [0.29, 0.717) is 5.56 Å². The van der Waals surface area contributed by atoms with Gasteiger partial charge in [0.15, 0.2) is 9.84 Å². The van der Waals surface area contributed by atoms with E-state index in [9.17, 15) is 23.2 Å². The topological polar surface area (TPSA) is 78.2 Å². The maximum atomic E-state index is 13.5. The van der Waals surface area contributed by atoms with Gasteiger partial charge in [-0.3, -0.25) is 0 Å². The van der Waals surface area contributed by atoms with Gasteiger partial charge in [0.2, 0.25) is 0 Å². The average molecular weight is 331 g/mol. The Bertz CT molecular complexity index is 876. The van der Waals surface area contributed by atoms with Crippen molar-refractivity contribution >= 4 is 9.84 Å². The lowest BCUT2D eigenvalue weighted by Gasteiger charge is -2.05. The molecular formula is C17H14FNO3S. The molecule has 0 unspecified atom stereocenters. The highest BCUT2D eigenvalue weighted by molar-refractivity contribution is 7.92. The lowest BCUT2D eigenvalue weighted by molar-refractivity contribution is 0.242. The molecule has 1 fully saturated rings. The van der Waals surface area contributed by atoms with Crippen LogP contribution in [0.3, 0.4) is 0 Å². The Balaban J connectivity index is 2.10. The van der Waals surface area contributed by atoms with Crippen molar-refractivity contribution in [3.8, 4) is 6.07 Å².